The molecule has 0 aliphatic heterocycles. The summed E-state index contributed by atoms with van der Waals surface area (Å²) >= 11 is 6.05. The smallest absolute Gasteiger partial charge is 0.247 e. The summed E-state index contributed by atoms with van der Waals surface area (Å²) in [7, 11) is -1.42. The number of nitrogens with one attached hydrogen (secondary N) is 2. The fraction of sp³-hybridized carbons (Fsp3) is 0.391. The lowest BCUT2D eigenvalue weighted by atomic mass is 9.77. The third-order valence-electron chi connectivity index (χ3n) is 5.62. The minimum absolute atomic E-state index is 0.00973. The number of sulfonamides is 1. The van der Waals surface area contributed by atoms with Crippen LogP contribution in [0.2, 0.25) is 5.02 Å². The van der Waals surface area contributed by atoms with Gasteiger partial charge < -0.3 is 10.4 Å². The van der Waals surface area contributed by atoms with Crippen molar-refractivity contribution in [2.45, 2.75) is 43.8 Å². The Morgan fingerprint density at radius 3 is 2.12 bits per heavy atom. The molecule has 0 radical (unpaired) electrons. The summed E-state index contributed by atoms with van der Waals surface area (Å²) in [6.07, 6.45) is 0. The van der Waals surface area contributed by atoms with E-state index >= 15 is 0 Å². The summed E-state index contributed by atoms with van der Waals surface area (Å²) in [6.45, 7) is 6.07. The predicted octanol–water partition coefficient (Wildman–Crippen LogP) is 2.97. The lowest BCUT2D eigenvalue weighted by Crippen LogP contribution is -2.68. The maximum atomic E-state index is 12.6. The maximum absolute atomic E-state index is 12.6. The van der Waals surface area contributed by atoms with Crippen LogP contribution in [0.15, 0.2) is 47.4 Å². The Morgan fingerprint density at radius 2 is 1.58 bits per heavy atom. The SMILES string of the molecule is CN(C)S(=O)(=O)c1c(Cl)ccc(NC2C(=O)C(=O)C2N[C@H](c2ccccc2)C(C)(C)C)c1O. The molecule has 0 saturated heterocycles. The molecule has 3 N–H and O–H groups in total. The normalized spacial score (nSPS) is 20.0. The highest BCUT2D eigenvalue weighted by molar-refractivity contribution is 7.89. The molecule has 1 aliphatic rings. The summed E-state index contributed by atoms with van der Waals surface area (Å²) in [4.78, 5) is 24.4. The second-order valence-electron chi connectivity index (χ2n) is 9.26. The molecule has 2 aromatic rings. The zero-order valence-corrected chi connectivity index (χ0v) is 20.7. The van der Waals surface area contributed by atoms with Gasteiger partial charge in [-0.3, -0.25) is 14.9 Å². The van der Waals surface area contributed by atoms with Gasteiger partial charge in [0.05, 0.1) is 10.7 Å². The monoisotopic (exact) mass is 493 g/mol. The number of hydrogen-bond donors (Lipinski definition) is 3. The molecule has 0 aromatic heterocycles. The summed E-state index contributed by atoms with van der Waals surface area (Å²) in [5, 5.41) is 16.6. The van der Waals surface area contributed by atoms with Crippen LogP contribution in [0.3, 0.4) is 0 Å². The van der Waals surface area contributed by atoms with Gasteiger partial charge in [0.15, 0.2) is 5.75 Å². The second-order valence-corrected chi connectivity index (χ2v) is 11.8. The number of halogens is 1. The van der Waals surface area contributed by atoms with Crippen molar-refractivity contribution in [1.82, 2.24) is 9.62 Å². The number of benzene rings is 2. The molecule has 0 bridgehead atoms. The fourth-order valence-electron chi connectivity index (χ4n) is 3.76. The first-order chi connectivity index (χ1) is 15.3. The Hall–Kier alpha value is -2.46. The number of Topliss-reactive ketones (excluding diaryl/α,β-unsaturated/α-hetero) is 2. The third-order valence-corrected chi connectivity index (χ3v) is 7.94. The van der Waals surface area contributed by atoms with Gasteiger partial charge in [0.25, 0.3) is 0 Å². The highest BCUT2D eigenvalue weighted by atomic mass is 35.5. The highest BCUT2D eigenvalue weighted by Crippen LogP contribution is 2.40. The topological polar surface area (TPSA) is 116 Å². The van der Waals surface area contributed by atoms with E-state index in [9.17, 15) is 23.1 Å². The van der Waals surface area contributed by atoms with Crippen molar-refractivity contribution in [1.29, 1.82) is 0 Å². The first-order valence-electron chi connectivity index (χ1n) is 10.4. The van der Waals surface area contributed by atoms with Crippen molar-refractivity contribution in [3.63, 3.8) is 0 Å². The summed E-state index contributed by atoms with van der Waals surface area (Å²) < 4.78 is 26.1. The molecule has 3 rings (SSSR count). The van der Waals surface area contributed by atoms with Crippen LogP contribution in [0.5, 0.6) is 5.75 Å². The van der Waals surface area contributed by atoms with Crippen molar-refractivity contribution in [3.05, 3.63) is 53.1 Å². The van der Waals surface area contributed by atoms with E-state index in [1.165, 1.54) is 26.2 Å². The van der Waals surface area contributed by atoms with Gasteiger partial charge in [-0.25, -0.2) is 12.7 Å². The van der Waals surface area contributed by atoms with Crippen LogP contribution in [0, 0.1) is 5.41 Å². The Balaban J connectivity index is 1.93. The Bertz CT molecular complexity index is 1180. The average molecular weight is 494 g/mol. The number of rotatable bonds is 7. The number of hydrogen-bond acceptors (Lipinski definition) is 7. The molecule has 33 heavy (non-hydrogen) atoms. The quantitative estimate of drug-likeness (QED) is 0.401. The van der Waals surface area contributed by atoms with E-state index in [-0.39, 0.29) is 22.2 Å². The van der Waals surface area contributed by atoms with Crippen molar-refractivity contribution in [3.8, 4) is 5.75 Å². The van der Waals surface area contributed by atoms with Gasteiger partial charge in [0, 0.05) is 20.1 Å². The van der Waals surface area contributed by atoms with Crippen LogP contribution in [-0.4, -0.2) is 55.6 Å². The Labute approximate surface area is 199 Å². The Kier molecular flexibility index (Phi) is 6.91. The minimum atomic E-state index is -4.05. The van der Waals surface area contributed by atoms with Crippen molar-refractivity contribution in [2.75, 3.05) is 19.4 Å². The lowest BCUT2D eigenvalue weighted by Gasteiger charge is -2.41. The van der Waals surface area contributed by atoms with E-state index in [1.807, 2.05) is 51.1 Å². The minimum Gasteiger partial charge on any atom is -0.504 e. The molecule has 0 spiro atoms. The molecule has 1 saturated carbocycles. The van der Waals surface area contributed by atoms with Gasteiger partial charge in [0.2, 0.25) is 21.6 Å². The van der Waals surface area contributed by atoms with Crippen LogP contribution >= 0.6 is 11.6 Å². The van der Waals surface area contributed by atoms with Crippen LogP contribution in [-0.2, 0) is 19.6 Å². The number of nitrogens with zero attached hydrogens (tertiary/aromatic N) is 1. The molecular weight excluding hydrogens is 466 g/mol. The molecule has 1 fully saturated rings. The number of aromatic hydroxyl groups is 1. The van der Waals surface area contributed by atoms with Crippen LogP contribution in [0.25, 0.3) is 0 Å². The second kappa shape index (κ2) is 9.06. The maximum Gasteiger partial charge on any atom is 0.247 e. The van der Waals surface area contributed by atoms with Gasteiger partial charge in [-0.2, -0.15) is 0 Å². The van der Waals surface area contributed by atoms with Crippen molar-refractivity contribution >= 4 is 38.9 Å². The zero-order chi connectivity index (χ0) is 24.7. The molecule has 2 aromatic carbocycles. The zero-order valence-electron chi connectivity index (χ0n) is 19.1. The number of ketones is 2. The van der Waals surface area contributed by atoms with E-state index in [0.29, 0.717) is 0 Å². The number of anilines is 1. The number of phenolic OH excluding ortho intramolecular Hbond substituents is 1. The Morgan fingerprint density at radius 1 is 1.00 bits per heavy atom. The van der Waals surface area contributed by atoms with Crippen LogP contribution in [0.4, 0.5) is 5.69 Å². The molecule has 8 nitrogen and oxygen atoms in total. The van der Waals surface area contributed by atoms with Gasteiger partial charge in [-0.15, -0.1) is 0 Å². The standard InChI is InChI=1S/C23H28ClN3O5S/c1-23(2,3)22(13-9-7-6-8-10-13)26-17-16(19(29)20(17)30)25-15-12-11-14(24)21(18(15)28)33(31,32)27(4)5/h6-12,16-17,22,25-26,28H,1-5H3/t16?,17?,22-/m1/s1. The van der Waals surface area contributed by atoms with Crippen LogP contribution in [0.1, 0.15) is 32.4 Å². The van der Waals surface area contributed by atoms with Crippen molar-refractivity contribution < 1.29 is 23.1 Å². The highest BCUT2D eigenvalue weighted by Gasteiger charge is 2.51. The average Bonchev–Trinajstić information content (AvgIpc) is 2.73. The lowest BCUT2D eigenvalue weighted by molar-refractivity contribution is -0.146. The summed E-state index contributed by atoms with van der Waals surface area (Å²) in [5.41, 5.74) is 0.675. The van der Waals surface area contributed by atoms with E-state index in [2.05, 4.69) is 10.6 Å². The predicted molar refractivity (Wildman–Crippen MR) is 127 cm³/mol. The van der Waals surface area contributed by atoms with E-state index in [4.69, 9.17) is 11.6 Å². The molecule has 178 valence electrons. The first kappa shape index (κ1) is 25.2. The van der Waals surface area contributed by atoms with Crippen LogP contribution < -0.4 is 10.6 Å². The number of phenols is 1. The van der Waals surface area contributed by atoms with Gasteiger partial charge >= 0.3 is 0 Å². The third kappa shape index (κ3) is 4.77. The largest absolute Gasteiger partial charge is 0.504 e. The van der Waals surface area contributed by atoms with E-state index < -0.39 is 44.3 Å². The molecule has 0 amide bonds. The molecular formula is C23H28ClN3O5S. The molecule has 0 heterocycles. The molecule has 10 heteroatoms. The van der Waals surface area contributed by atoms with E-state index in [1.54, 1.807) is 0 Å². The van der Waals surface area contributed by atoms with Gasteiger partial charge in [-0.1, -0.05) is 62.7 Å². The fourth-order valence-corrected chi connectivity index (χ4v) is 5.24. The summed E-state index contributed by atoms with van der Waals surface area (Å²) in [5.74, 6) is -1.84. The first-order valence-corrected chi connectivity index (χ1v) is 12.2. The number of carbonyl (C=O) groups excluding carboxylic acids is 2. The van der Waals surface area contributed by atoms with Gasteiger partial charge in [0.1, 0.15) is 17.0 Å². The summed E-state index contributed by atoms with van der Waals surface area (Å²) in [6, 6.07) is 10.2. The molecule has 2 unspecified atom stereocenters. The van der Waals surface area contributed by atoms with E-state index in [0.717, 1.165) is 9.87 Å². The number of carbonyl (C=O) groups is 2. The van der Waals surface area contributed by atoms with Gasteiger partial charge in [-0.05, 0) is 23.1 Å². The molecule has 1 aliphatic carbocycles. The van der Waals surface area contributed by atoms with Crippen molar-refractivity contribution in [2.24, 2.45) is 5.41 Å². The molecule has 3 atom stereocenters.